The van der Waals surface area contributed by atoms with Gasteiger partial charge in [0.05, 0.1) is 5.69 Å². The van der Waals surface area contributed by atoms with E-state index in [-0.39, 0.29) is 11.8 Å². The van der Waals surface area contributed by atoms with Gasteiger partial charge in [0.15, 0.2) is 5.13 Å². The lowest BCUT2D eigenvalue weighted by Gasteiger charge is -2.00. The van der Waals surface area contributed by atoms with Crippen molar-refractivity contribution in [1.82, 2.24) is 4.98 Å². The molecule has 1 aromatic heterocycles. The Kier molecular flexibility index (Phi) is 3.29. The summed E-state index contributed by atoms with van der Waals surface area (Å²) < 4.78 is 0. The van der Waals surface area contributed by atoms with E-state index in [0.717, 1.165) is 17.7 Å². The van der Waals surface area contributed by atoms with E-state index in [4.69, 9.17) is 11.6 Å². The van der Waals surface area contributed by atoms with Gasteiger partial charge in [-0.15, -0.1) is 11.3 Å². The van der Waals surface area contributed by atoms with Gasteiger partial charge < -0.3 is 5.32 Å². The van der Waals surface area contributed by atoms with Crippen LogP contribution in [0.1, 0.15) is 13.3 Å². The summed E-state index contributed by atoms with van der Waals surface area (Å²) in [5, 5.41) is 6.09. The minimum absolute atomic E-state index is 0.0764. The molecule has 0 aliphatic heterocycles. The summed E-state index contributed by atoms with van der Waals surface area (Å²) in [6.45, 7) is 2.08. The third-order valence-corrected chi connectivity index (χ3v) is 4.42. The summed E-state index contributed by atoms with van der Waals surface area (Å²) in [6, 6.07) is 7.56. The number of halogens is 1. The van der Waals surface area contributed by atoms with Gasteiger partial charge in [0.1, 0.15) is 0 Å². The van der Waals surface area contributed by atoms with Crippen LogP contribution in [0.25, 0.3) is 11.3 Å². The zero-order valence-corrected chi connectivity index (χ0v) is 12.0. The van der Waals surface area contributed by atoms with Gasteiger partial charge in [-0.1, -0.05) is 36.7 Å². The van der Waals surface area contributed by atoms with E-state index >= 15 is 0 Å². The lowest BCUT2D eigenvalue weighted by molar-refractivity contribution is -0.117. The first-order valence-electron chi connectivity index (χ1n) is 6.16. The number of aromatic nitrogens is 1. The SMILES string of the molecule is CC1CC1C(=O)Nc1nc(-c2ccccc2Cl)cs1. The molecule has 1 fully saturated rings. The van der Waals surface area contributed by atoms with Gasteiger partial charge in [-0.25, -0.2) is 4.98 Å². The van der Waals surface area contributed by atoms with E-state index in [1.54, 1.807) is 0 Å². The van der Waals surface area contributed by atoms with Crippen LogP contribution in [-0.2, 0) is 4.79 Å². The molecule has 1 aromatic carbocycles. The van der Waals surface area contributed by atoms with Crippen molar-refractivity contribution in [2.45, 2.75) is 13.3 Å². The molecule has 1 amide bonds. The second-order valence-corrected chi connectivity index (χ2v) is 6.09. The topological polar surface area (TPSA) is 42.0 Å². The summed E-state index contributed by atoms with van der Waals surface area (Å²) in [5.74, 6) is 0.739. The zero-order chi connectivity index (χ0) is 13.4. The fourth-order valence-electron chi connectivity index (χ4n) is 2.01. The summed E-state index contributed by atoms with van der Waals surface area (Å²) >= 11 is 7.56. The summed E-state index contributed by atoms with van der Waals surface area (Å²) in [6.07, 6.45) is 0.981. The first-order chi connectivity index (χ1) is 9.15. The van der Waals surface area contributed by atoms with Crippen molar-refractivity contribution < 1.29 is 4.79 Å². The van der Waals surface area contributed by atoms with E-state index < -0.39 is 0 Å². The highest BCUT2D eigenvalue weighted by Crippen LogP contribution is 2.39. The lowest BCUT2D eigenvalue weighted by atomic mass is 10.2. The highest BCUT2D eigenvalue weighted by atomic mass is 35.5. The number of nitrogens with one attached hydrogen (secondary N) is 1. The second-order valence-electron chi connectivity index (χ2n) is 4.83. The average Bonchev–Trinajstić information content (AvgIpc) is 2.95. The van der Waals surface area contributed by atoms with Crippen LogP contribution in [0.5, 0.6) is 0 Å². The first kappa shape index (κ1) is 12.6. The highest BCUT2D eigenvalue weighted by Gasteiger charge is 2.39. The van der Waals surface area contributed by atoms with Crippen LogP contribution in [0.4, 0.5) is 5.13 Å². The molecule has 1 aliphatic rings. The Balaban J connectivity index is 1.76. The Labute approximate surface area is 120 Å². The number of anilines is 1. The zero-order valence-electron chi connectivity index (χ0n) is 10.4. The molecule has 0 bridgehead atoms. The third-order valence-electron chi connectivity index (χ3n) is 3.33. The van der Waals surface area contributed by atoms with Gasteiger partial charge in [0, 0.05) is 21.9 Å². The maximum Gasteiger partial charge on any atom is 0.229 e. The molecule has 1 aliphatic carbocycles. The smallest absolute Gasteiger partial charge is 0.229 e. The Morgan fingerprint density at radius 2 is 2.21 bits per heavy atom. The number of amides is 1. The van der Waals surface area contributed by atoms with Crippen LogP contribution in [0.2, 0.25) is 5.02 Å². The molecule has 1 N–H and O–H groups in total. The van der Waals surface area contributed by atoms with Crippen molar-refractivity contribution in [2.24, 2.45) is 11.8 Å². The molecule has 2 unspecified atom stereocenters. The quantitative estimate of drug-likeness (QED) is 0.927. The van der Waals surface area contributed by atoms with E-state index in [0.29, 0.717) is 16.1 Å². The molecule has 1 saturated carbocycles. The van der Waals surface area contributed by atoms with Crippen LogP contribution in [0.15, 0.2) is 29.6 Å². The third kappa shape index (κ3) is 2.65. The van der Waals surface area contributed by atoms with E-state index in [9.17, 15) is 4.79 Å². The largest absolute Gasteiger partial charge is 0.302 e. The van der Waals surface area contributed by atoms with Gasteiger partial charge >= 0.3 is 0 Å². The van der Waals surface area contributed by atoms with Crippen LogP contribution >= 0.6 is 22.9 Å². The Bertz CT molecular complexity index is 625. The fourth-order valence-corrected chi connectivity index (χ4v) is 2.96. The van der Waals surface area contributed by atoms with Gasteiger partial charge in [-0.05, 0) is 18.4 Å². The molecule has 0 radical (unpaired) electrons. The standard InChI is InChI=1S/C14H13ClN2OS/c1-8-6-10(8)13(18)17-14-16-12(7-19-14)9-4-2-3-5-11(9)15/h2-5,7-8,10H,6H2,1H3,(H,16,17,18). The molecule has 3 nitrogen and oxygen atoms in total. The van der Waals surface area contributed by atoms with E-state index in [1.165, 1.54) is 11.3 Å². The summed E-state index contributed by atoms with van der Waals surface area (Å²) in [7, 11) is 0. The first-order valence-corrected chi connectivity index (χ1v) is 7.42. The summed E-state index contributed by atoms with van der Waals surface area (Å²) in [5.41, 5.74) is 1.69. The number of carbonyl (C=O) groups is 1. The average molecular weight is 293 g/mol. The van der Waals surface area contributed by atoms with Crippen molar-refractivity contribution in [2.75, 3.05) is 5.32 Å². The number of benzene rings is 1. The molecule has 2 atom stereocenters. The molecule has 3 rings (SSSR count). The second kappa shape index (κ2) is 4.94. The van der Waals surface area contributed by atoms with Crippen LogP contribution in [-0.4, -0.2) is 10.9 Å². The Morgan fingerprint density at radius 1 is 1.47 bits per heavy atom. The minimum Gasteiger partial charge on any atom is -0.302 e. The predicted molar refractivity (Wildman–Crippen MR) is 78.5 cm³/mol. The maximum atomic E-state index is 11.8. The van der Waals surface area contributed by atoms with Gasteiger partial charge in [0.25, 0.3) is 0 Å². The van der Waals surface area contributed by atoms with Crippen molar-refractivity contribution in [1.29, 1.82) is 0 Å². The Morgan fingerprint density at radius 3 is 2.89 bits per heavy atom. The number of carbonyl (C=O) groups excluding carboxylic acids is 1. The van der Waals surface area contributed by atoms with Gasteiger partial charge in [0.2, 0.25) is 5.91 Å². The monoisotopic (exact) mass is 292 g/mol. The van der Waals surface area contributed by atoms with Gasteiger partial charge in [-0.3, -0.25) is 4.79 Å². The van der Waals surface area contributed by atoms with Crippen LogP contribution in [0.3, 0.4) is 0 Å². The molecule has 0 spiro atoms. The number of hydrogen-bond donors (Lipinski definition) is 1. The lowest BCUT2D eigenvalue weighted by Crippen LogP contribution is -2.14. The molecular formula is C14H13ClN2OS. The number of nitrogens with zero attached hydrogens (tertiary/aromatic N) is 1. The van der Waals surface area contributed by atoms with Crippen LogP contribution < -0.4 is 5.32 Å². The Hall–Kier alpha value is -1.39. The predicted octanol–water partition coefficient (Wildman–Crippen LogP) is 4.06. The van der Waals surface area contributed by atoms with Crippen molar-refractivity contribution >= 4 is 34.0 Å². The van der Waals surface area contributed by atoms with E-state index in [1.807, 2.05) is 29.6 Å². The maximum absolute atomic E-state index is 11.8. The minimum atomic E-state index is 0.0764. The molecule has 2 aromatic rings. The molecule has 19 heavy (non-hydrogen) atoms. The molecular weight excluding hydrogens is 280 g/mol. The van der Waals surface area contributed by atoms with Crippen LogP contribution in [0, 0.1) is 11.8 Å². The number of rotatable bonds is 3. The molecule has 98 valence electrons. The highest BCUT2D eigenvalue weighted by molar-refractivity contribution is 7.14. The summed E-state index contributed by atoms with van der Waals surface area (Å²) in [4.78, 5) is 16.2. The van der Waals surface area contributed by atoms with Crippen molar-refractivity contribution in [3.8, 4) is 11.3 Å². The normalized spacial score (nSPS) is 21.2. The van der Waals surface area contributed by atoms with E-state index in [2.05, 4.69) is 17.2 Å². The number of thiazole rings is 1. The molecule has 0 saturated heterocycles. The van der Waals surface area contributed by atoms with Gasteiger partial charge in [-0.2, -0.15) is 0 Å². The number of hydrogen-bond acceptors (Lipinski definition) is 3. The fraction of sp³-hybridized carbons (Fsp3) is 0.286. The van der Waals surface area contributed by atoms with Crippen molar-refractivity contribution in [3.05, 3.63) is 34.7 Å². The molecule has 5 heteroatoms. The van der Waals surface area contributed by atoms with Crippen molar-refractivity contribution in [3.63, 3.8) is 0 Å². The molecule has 1 heterocycles.